The molecule has 0 aromatic carbocycles. The van der Waals surface area contributed by atoms with Gasteiger partial charge in [-0.25, -0.2) is 64.5 Å². The first-order valence-corrected chi connectivity index (χ1v) is 18.2. The van der Waals surface area contributed by atoms with Crippen molar-refractivity contribution >= 4 is 64.5 Å². The van der Waals surface area contributed by atoms with Crippen LogP contribution in [0.25, 0.3) is 0 Å². The van der Waals surface area contributed by atoms with Gasteiger partial charge >= 0.3 is 41.5 Å². The standard InChI is InChI=1S/C9H14N4O2.C8H11N3O2.C8H11N3O.C7H9N3O2.C6H5ClN2O2.Na/c1-12(2)8-6-10-7(5-11-8)9(14)13(3)15-4;1-11(2)7-5-9-6(4-10-7)8(12)13-3;1-6(12)7-4-10-8(5-9-7)11(2)3;1-10(2)6-4-8-5(3-9-6)7(11)12;1-11-6(10)4-2-9-5(7)3-8-4;/h5-6H,1-4H3;4-5H,1-3H3;4-5H,1-3H3;3-4H,1-2H3,(H,11,12);2-3H,1H3;/q;;;;;+1/p-1. The van der Waals surface area contributed by atoms with Crippen molar-refractivity contribution in [2.24, 2.45) is 0 Å². The van der Waals surface area contributed by atoms with Crippen molar-refractivity contribution in [3.8, 4) is 0 Å². The Morgan fingerprint density at radius 1 is 0.469 bits per heavy atom. The summed E-state index contributed by atoms with van der Waals surface area (Å²) in [6.07, 6.45) is 14.0. The van der Waals surface area contributed by atoms with Crippen molar-refractivity contribution in [1.29, 1.82) is 0 Å². The molecule has 0 unspecified atom stereocenters. The predicted octanol–water partition coefficient (Wildman–Crippen LogP) is -1.92. The topological polar surface area (TPSA) is 281 Å². The Labute approximate surface area is 397 Å². The van der Waals surface area contributed by atoms with E-state index in [1.165, 1.54) is 91.1 Å². The fraction of sp³-hybridized carbons (Fsp3) is 0.342. The third kappa shape index (κ3) is 20.5. The number of anilines is 4. The summed E-state index contributed by atoms with van der Waals surface area (Å²) < 4.78 is 8.87. The number of amides is 1. The van der Waals surface area contributed by atoms with Gasteiger partial charge in [0.25, 0.3) is 5.91 Å². The molecule has 5 rings (SSSR count). The number of carboxylic acids is 1. The van der Waals surface area contributed by atoms with Crippen LogP contribution < -0.4 is 54.3 Å². The zero-order chi connectivity index (χ0) is 47.8. The summed E-state index contributed by atoms with van der Waals surface area (Å²) in [4.78, 5) is 105. The smallest absolute Gasteiger partial charge is 0.543 e. The van der Waals surface area contributed by atoms with Crippen molar-refractivity contribution in [2.45, 2.75) is 6.92 Å². The van der Waals surface area contributed by atoms with Crippen molar-refractivity contribution in [1.82, 2.24) is 54.9 Å². The van der Waals surface area contributed by atoms with Crippen LogP contribution in [0, 0.1) is 0 Å². The van der Waals surface area contributed by atoms with Crippen LogP contribution >= 0.6 is 11.6 Å². The summed E-state index contributed by atoms with van der Waals surface area (Å²) in [7, 11) is 20.3. The number of methoxy groups -OCH3 is 2. The SMILES string of the molecule is CC(=O)c1cnc(N(C)C)cn1.CN(C)c1cnc(C(=O)[O-])cn1.COC(=O)c1cnc(Cl)cn1.COC(=O)c1cnc(N(C)C)cn1.CON(C)C(=O)c1cnc(N(C)C)cn1.[Na+]. The molecular weight excluding hydrogens is 869 g/mol. The van der Waals surface area contributed by atoms with Crippen molar-refractivity contribution in [2.75, 3.05) is 104 Å². The van der Waals surface area contributed by atoms with Crippen molar-refractivity contribution in [3.05, 3.63) is 95.6 Å². The first kappa shape index (κ1) is 57.4. The van der Waals surface area contributed by atoms with E-state index in [2.05, 4.69) is 59.3 Å². The molecule has 0 saturated carbocycles. The number of Topliss-reactive ketones (excluding diaryl/α,β-unsaturated/α-hetero) is 1. The Hall–Kier alpha value is -6.60. The average Bonchev–Trinajstić information content (AvgIpc) is 3.29. The van der Waals surface area contributed by atoms with Gasteiger partial charge in [0, 0.05) is 70.4 Å². The number of carbonyl (C=O) groups is 5. The van der Waals surface area contributed by atoms with Crippen LogP contribution in [0.3, 0.4) is 0 Å². The summed E-state index contributed by atoms with van der Waals surface area (Å²) in [5, 5.41) is 11.6. The first-order chi connectivity index (χ1) is 29.7. The fourth-order valence-electron chi connectivity index (χ4n) is 3.58. The normalized spacial score (nSPS) is 9.41. The molecule has 338 valence electrons. The number of aromatic carboxylic acids is 1. The van der Waals surface area contributed by atoms with Crippen LogP contribution in [0.15, 0.2) is 62.0 Å². The number of nitrogens with zero attached hydrogens (tertiary/aromatic N) is 15. The predicted molar refractivity (Wildman–Crippen MR) is 229 cm³/mol. The van der Waals surface area contributed by atoms with E-state index in [0.29, 0.717) is 23.1 Å². The number of ether oxygens (including phenoxy) is 2. The maximum absolute atomic E-state index is 11.5. The van der Waals surface area contributed by atoms with Gasteiger partial charge in [-0.05, 0) is 0 Å². The zero-order valence-electron chi connectivity index (χ0n) is 38.0. The van der Waals surface area contributed by atoms with Gasteiger partial charge in [-0.15, -0.1) is 0 Å². The van der Waals surface area contributed by atoms with Crippen LogP contribution in [-0.2, 0) is 14.3 Å². The van der Waals surface area contributed by atoms with Gasteiger partial charge in [0.2, 0.25) is 0 Å². The quantitative estimate of drug-likeness (QED) is 0.0639. The van der Waals surface area contributed by atoms with Crippen LogP contribution in [0.2, 0.25) is 5.15 Å². The van der Waals surface area contributed by atoms with E-state index in [0.717, 1.165) is 10.9 Å². The number of ketones is 1. The first-order valence-electron chi connectivity index (χ1n) is 17.8. The molecule has 0 aliphatic rings. The van der Waals surface area contributed by atoms with E-state index in [9.17, 15) is 29.1 Å². The molecule has 64 heavy (non-hydrogen) atoms. The largest absolute Gasteiger partial charge is 1.00 e. The third-order valence-electron chi connectivity index (χ3n) is 7.14. The summed E-state index contributed by atoms with van der Waals surface area (Å²) in [5.41, 5.74) is 0.871. The number of hydroxylamine groups is 2. The van der Waals surface area contributed by atoms with Gasteiger partial charge < -0.3 is 39.0 Å². The molecule has 26 heteroatoms. The Balaban J connectivity index is 0.000000775. The summed E-state index contributed by atoms with van der Waals surface area (Å²) in [6, 6.07) is 0. The number of hydrogen-bond donors (Lipinski definition) is 0. The third-order valence-corrected chi connectivity index (χ3v) is 7.34. The summed E-state index contributed by atoms with van der Waals surface area (Å²) in [5.74, 6) is 0.0714. The number of halogens is 1. The van der Waals surface area contributed by atoms with Gasteiger partial charge in [0.05, 0.1) is 89.3 Å². The van der Waals surface area contributed by atoms with Gasteiger partial charge in [0.15, 0.2) is 17.2 Å². The molecule has 5 aromatic rings. The number of carboxylic acid groups (broad SMARTS) is 1. The summed E-state index contributed by atoms with van der Waals surface area (Å²) >= 11 is 5.43. The second-order valence-corrected chi connectivity index (χ2v) is 13.0. The molecule has 0 aliphatic carbocycles. The number of hydrogen-bond acceptors (Lipinski definition) is 23. The van der Waals surface area contributed by atoms with Crippen LogP contribution in [-0.4, -0.2) is 169 Å². The van der Waals surface area contributed by atoms with E-state index in [4.69, 9.17) is 16.4 Å². The number of esters is 2. The van der Waals surface area contributed by atoms with Crippen molar-refractivity contribution < 1.29 is 72.9 Å². The van der Waals surface area contributed by atoms with Gasteiger partial charge in [-0.2, -0.15) is 0 Å². The monoisotopic (exact) mass is 917 g/mol. The Kier molecular flexibility index (Phi) is 26.6. The Morgan fingerprint density at radius 3 is 1.03 bits per heavy atom. The molecule has 24 nitrogen and oxygen atoms in total. The maximum atomic E-state index is 11.5. The van der Waals surface area contributed by atoms with E-state index in [1.54, 1.807) is 35.0 Å². The molecular formula is C38H49ClN15NaO9. The summed E-state index contributed by atoms with van der Waals surface area (Å²) in [6.45, 7) is 1.47. The van der Waals surface area contributed by atoms with Gasteiger partial charge in [-0.1, -0.05) is 11.6 Å². The van der Waals surface area contributed by atoms with Crippen LogP contribution in [0.4, 0.5) is 23.3 Å². The molecule has 0 spiro atoms. The zero-order valence-corrected chi connectivity index (χ0v) is 40.8. The number of aromatic nitrogens is 10. The minimum absolute atomic E-state index is 0. The molecule has 0 aliphatic heterocycles. The second kappa shape index (κ2) is 29.7. The molecule has 0 saturated heterocycles. The van der Waals surface area contributed by atoms with Crippen LogP contribution in [0.1, 0.15) is 59.4 Å². The molecule has 5 heterocycles. The second-order valence-electron chi connectivity index (χ2n) is 12.7. The van der Waals surface area contributed by atoms with Gasteiger partial charge in [-0.3, -0.25) is 14.4 Å². The minimum Gasteiger partial charge on any atom is -0.543 e. The van der Waals surface area contributed by atoms with E-state index >= 15 is 0 Å². The van der Waals surface area contributed by atoms with Crippen molar-refractivity contribution in [3.63, 3.8) is 0 Å². The Morgan fingerprint density at radius 2 is 0.781 bits per heavy atom. The molecule has 1 amide bonds. The van der Waals surface area contributed by atoms with E-state index in [1.807, 2.05) is 47.2 Å². The minimum atomic E-state index is -1.31. The molecule has 0 bridgehead atoms. The number of rotatable bonds is 10. The van der Waals surface area contributed by atoms with Crippen LogP contribution in [0.5, 0.6) is 0 Å². The number of carbonyl (C=O) groups excluding carboxylic acids is 5. The molecule has 5 aromatic heterocycles. The molecule has 0 fully saturated rings. The molecule has 0 atom stereocenters. The van der Waals surface area contributed by atoms with Gasteiger partial charge in [0.1, 0.15) is 45.5 Å². The van der Waals surface area contributed by atoms with E-state index in [-0.39, 0.29) is 69.2 Å². The average molecular weight is 918 g/mol. The Bertz CT molecular complexity index is 2130. The van der Waals surface area contributed by atoms with E-state index < -0.39 is 17.9 Å². The molecule has 0 radical (unpaired) electrons. The maximum Gasteiger partial charge on any atom is 1.00 e. The molecule has 0 N–H and O–H groups in total. The fourth-order valence-corrected chi connectivity index (χ4v) is 3.68.